The molecule has 2 aromatic rings. The van der Waals surface area contributed by atoms with Crippen LogP contribution < -0.4 is 0 Å². The lowest BCUT2D eigenvalue weighted by Crippen LogP contribution is -2.57. The number of rotatable bonds is 6. The monoisotopic (exact) mass is 728 g/mol. The number of hydrogen-bond donors (Lipinski definition) is 0. The highest BCUT2D eigenvalue weighted by molar-refractivity contribution is 6.30. The summed E-state index contributed by atoms with van der Waals surface area (Å²) >= 11 is 11.8. The second-order valence-electron chi connectivity index (χ2n) is 14.4. The van der Waals surface area contributed by atoms with E-state index in [0.29, 0.717) is 29.5 Å². The summed E-state index contributed by atoms with van der Waals surface area (Å²) < 4.78 is 49.2. The highest BCUT2D eigenvalue weighted by Gasteiger charge is 2.44. The molecule has 2 aliphatic rings. The summed E-state index contributed by atoms with van der Waals surface area (Å²) in [5.41, 5.74) is 0.687. The zero-order valence-electron chi connectivity index (χ0n) is 29.4. The maximum Gasteiger partial charge on any atom is 0.410 e. The molecule has 2 heterocycles. The number of alkyl halides is 2. The standard InChI is InChI=1S/C18H24ClF2NO3.C18H24ClNO4/c1-17(2,3)25-16(23)22-10-15(18(4,20)21)24-11-14(22)9-12-5-7-13(19)8-6-12;1-12(21)16-10-20(17(22)24-18(2,3)4)15(11-23-16)9-13-5-7-14(19)8-6-13/h5-8,14-15H,9-11H2,1-4H3;5-8,15-16H,9-11H2,1-4H3/t14-,15+;15-,16+/m00/s1. The van der Waals surface area contributed by atoms with Crippen LogP contribution >= 0.6 is 23.2 Å². The third-order valence-corrected chi connectivity index (χ3v) is 8.13. The van der Waals surface area contributed by atoms with Gasteiger partial charge in [0.1, 0.15) is 23.4 Å². The van der Waals surface area contributed by atoms with Crippen LogP contribution in [0.1, 0.15) is 66.5 Å². The normalized spacial score (nSPS) is 21.7. The molecule has 2 aliphatic heterocycles. The van der Waals surface area contributed by atoms with Crippen molar-refractivity contribution in [1.82, 2.24) is 9.80 Å². The van der Waals surface area contributed by atoms with Crippen molar-refractivity contribution in [3.63, 3.8) is 0 Å². The van der Waals surface area contributed by atoms with Gasteiger partial charge in [0.2, 0.25) is 0 Å². The summed E-state index contributed by atoms with van der Waals surface area (Å²) in [4.78, 5) is 39.7. The van der Waals surface area contributed by atoms with E-state index < -0.39 is 41.5 Å². The van der Waals surface area contributed by atoms with Crippen molar-refractivity contribution in [1.29, 1.82) is 0 Å². The fourth-order valence-electron chi connectivity index (χ4n) is 5.16. The predicted octanol–water partition coefficient (Wildman–Crippen LogP) is 8.02. The smallest absolute Gasteiger partial charge is 0.410 e. The molecule has 2 fully saturated rings. The molecular formula is C36H48Cl2F2N2O7. The number of ether oxygens (including phenoxy) is 4. The van der Waals surface area contributed by atoms with Gasteiger partial charge in [-0.2, -0.15) is 0 Å². The molecule has 0 saturated carbocycles. The number of ketones is 1. The molecule has 4 rings (SSSR count). The molecular weight excluding hydrogens is 681 g/mol. The van der Waals surface area contributed by atoms with Gasteiger partial charge in [-0.05, 0) is 96.7 Å². The van der Waals surface area contributed by atoms with Crippen LogP contribution in [0.2, 0.25) is 10.0 Å². The molecule has 4 atom stereocenters. The maximum atomic E-state index is 13.7. The SMILES string of the molecule is CC(=O)[C@H]1CN(C(=O)OC(C)(C)C)[C@@H](Cc2ccc(Cl)cc2)CO1.CC(C)(C)OC(=O)N1C[C@H](C(C)(F)F)OC[C@@H]1Cc1ccc(Cl)cc1. The molecule has 2 aromatic carbocycles. The number of halogens is 4. The van der Waals surface area contributed by atoms with Crippen LogP contribution in [0.25, 0.3) is 0 Å². The van der Waals surface area contributed by atoms with Crippen molar-refractivity contribution in [3.05, 3.63) is 69.7 Å². The molecule has 9 nitrogen and oxygen atoms in total. The van der Waals surface area contributed by atoms with E-state index in [2.05, 4.69) is 0 Å². The van der Waals surface area contributed by atoms with E-state index in [4.69, 9.17) is 42.1 Å². The van der Waals surface area contributed by atoms with E-state index in [1.54, 1.807) is 37.8 Å². The Morgan fingerprint density at radius 2 is 1.10 bits per heavy atom. The lowest BCUT2D eigenvalue weighted by atomic mass is 10.0. The molecule has 0 N–H and O–H groups in total. The molecule has 13 heteroatoms. The Morgan fingerprint density at radius 1 is 0.714 bits per heavy atom. The van der Waals surface area contributed by atoms with Crippen molar-refractivity contribution in [2.75, 3.05) is 26.3 Å². The van der Waals surface area contributed by atoms with E-state index in [1.165, 1.54) is 11.8 Å². The number of morpholine rings is 2. The van der Waals surface area contributed by atoms with Gasteiger partial charge in [0.25, 0.3) is 5.92 Å². The number of benzene rings is 2. The van der Waals surface area contributed by atoms with Gasteiger partial charge in [0.05, 0.1) is 38.4 Å². The average molecular weight is 730 g/mol. The summed E-state index contributed by atoms with van der Waals surface area (Å²) in [5.74, 6) is -3.13. The van der Waals surface area contributed by atoms with Crippen LogP contribution in [-0.4, -0.2) is 95.5 Å². The van der Waals surface area contributed by atoms with Crippen LogP contribution in [0.4, 0.5) is 18.4 Å². The second kappa shape index (κ2) is 16.8. The Balaban J connectivity index is 0.000000266. The number of carbonyl (C=O) groups excluding carboxylic acids is 3. The third kappa shape index (κ3) is 13.3. The summed E-state index contributed by atoms with van der Waals surface area (Å²) in [7, 11) is 0. The van der Waals surface area contributed by atoms with E-state index in [-0.39, 0.29) is 37.6 Å². The van der Waals surface area contributed by atoms with Gasteiger partial charge in [0, 0.05) is 17.0 Å². The molecule has 0 radical (unpaired) electrons. The predicted molar refractivity (Wildman–Crippen MR) is 185 cm³/mol. The molecule has 0 aliphatic carbocycles. The van der Waals surface area contributed by atoms with E-state index in [0.717, 1.165) is 18.1 Å². The first kappa shape index (κ1) is 40.4. The first-order chi connectivity index (χ1) is 22.6. The minimum Gasteiger partial charge on any atom is -0.444 e. The van der Waals surface area contributed by atoms with Gasteiger partial charge >= 0.3 is 12.2 Å². The van der Waals surface area contributed by atoms with Crippen molar-refractivity contribution in [2.24, 2.45) is 0 Å². The van der Waals surface area contributed by atoms with Crippen LogP contribution in [0.5, 0.6) is 0 Å². The lowest BCUT2D eigenvalue weighted by Gasteiger charge is -2.41. The molecule has 0 aromatic heterocycles. The van der Waals surface area contributed by atoms with Crippen LogP contribution in [0.15, 0.2) is 48.5 Å². The van der Waals surface area contributed by atoms with Crippen LogP contribution in [0.3, 0.4) is 0 Å². The fraction of sp³-hybridized carbons (Fsp3) is 0.583. The Hall–Kier alpha value is -2.99. The summed E-state index contributed by atoms with van der Waals surface area (Å²) in [5, 5.41) is 1.28. The number of amides is 2. The molecule has 2 amide bonds. The maximum absolute atomic E-state index is 13.7. The lowest BCUT2D eigenvalue weighted by molar-refractivity contribution is -0.167. The Bertz CT molecular complexity index is 1410. The number of Topliss-reactive ketones (excluding diaryl/α,β-unsaturated/α-hetero) is 1. The van der Waals surface area contributed by atoms with Crippen molar-refractivity contribution >= 4 is 41.2 Å². The first-order valence-electron chi connectivity index (χ1n) is 16.2. The zero-order chi connectivity index (χ0) is 36.7. The topological polar surface area (TPSA) is 94.6 Å². The van der Waals surface area contributed by atoms with E-state index in [1.807, 2.05) is 57.2 Å². The first-order valence-corrected chi connectivity index (χ1v) is 17.0. The molecule has 49 heavy (non-hydrogen) atoms. The van der Waals surface area contributed by atoms with E-state index >= 15 is 0 Å². The zero-order valence-corrected chi connectivity index (χ0v) is 30.9. The Kier molecular flexibility index (Phi) is 13.9. The molecule has 2 saturated heterocycles. The number of carbonyl (C=O) groups is 3. The fourth-order valence-corrected chi connectivity index (χ4v) is 5.41. The van der Waals surface area contributed by atoms with Gasteiger partial charge in [-0.1, -0.05) is 47.5 Å². The largest absolute Gasteiger partial charge is 0.444 e. The van der Waals surface area contributed by atoms with Crippen LogP contribution in [-0.2, 0) is 36.6 Å². The van der Waals surface area contributed by atoms with Gasteiger partial charge in [-0.3, -0.25) is 14.6 Å². The average Bonchev–Trinajstić information content (AvgIpc) is 2.98. The highest BCUT2D eigenvalue weighted by atomic mass is 35.5. The highest BCUT2D eigenvalue weighted by Crippen LogP contribution is 2.28. The molecule has 0 bridgehead atoms. The van der Waals surface area contributed by atoms with Crippen molar-refractivity contribution in [3.8, 4) is 0 Å². The number of hydrogen-bond acceptors (Lipinski definition) is 7. The summed E-state index contributed by atoms with van der Waals surface area (Å²) in [6.45, 7) is 13.3. The molecule has 272 valence electrons. The van der Waals surface area contributed by atoms with Crippen molar-refractivity contribution < 1.29 is 42.1 Å². The molecule has 0 spiro atoms. The Morgan fingerprint density at radius 3 is 1.47 bits per heavy atom. The summed E-state index contributed by atoms with van der Waals surface area (Å²) in [6.07, 6.45) is -1.89. The van der Waals surface area contributed by atoms with Gasteiger partial charge < -0.3 is 18.9 Å². The second-order valence-corrected chi connectivity index (χ2v) is 15.3. The Labute approximate surface area is 298 Å². The van der Waals surface area contributed by atoms with Gasteiger partial charge in [-0.25, -0.2) is 18.4 Å². The van der Waals surface area contributed by atoms with Gasteiger partial charge in [0.15, 0.2) is 5.78 Å². The third-order valence-electron chi connectivity index (χ3n) is 7.63. The van der Waals surface area contributed by atoms with Crippen molar-refractivity contribution in [2.45, 2.75) is 110 Å². The molecule has 0 unspecified atom stereocenters. The quantitative estimate of drug-likeness (QED) is 0.297. The minimum atomic E-state index is -3.04. The van der Waals surface area contributed by atoms with Gasteiger partial charge in [-0.15, -0.1) is 0 Å². The van der Waals surface area contributed by atoms with E-state index in [9.17, 15) is 23.2 Å². The minimum absolute atomic E-state index is 0.0238. The van der Waals surface area contributed by atoms with Crippen LogP contribution in [0, 0.1) is 0 Å². The summed E-state index contributed by atoms with van der Waals surface area (Å²) in [6, 6.07) is 14.1. The number of nitrogens with zero attached hydrogens (tertiary/aromatic N) is 2.